The highest BCUT2D eigenvalue weighted by molar-refractivity contribution is 7.86. The van der Waals surface area contributed by atoms with E-state index in [9.17, 15) is 16.8 Å². The van der Waals surface area contributed by atoms with E-state index in [2.05, 4.69) is 0 Å². The molecule has 8 heteroatoms. The van der Waals surface area contributed by atoms with Crippen LogP contribution in [-0.2, 0) is 20.2 Å². The van der Waals surface area contributed by atoms with Crippen LogP contribution in [-0.4, -0.2) is 37.4 Å². The predicted octanol–water partition coefficient (Wildman–Crippen LogP) is 3.05. The van der Waals surface area contributed by atoms with Gasteiger partial charge in [-0.15, -0.1) is 0 Å². The van der Waals surface area contributed by atoms with Crippen LogP contribution in [0.25, 0.3) is 0 Å². The van der Waals surface area contributed by atoms with Crippen molar-refractivity contribution in [3.05, 3.63) is 0 Å². The molecule has 0 radical (unpaired) electrons. The molecule has 128 valence electrons. The largest absolute Gasteiger partial charge is 0.286 e. The lowest BCUT2D eigenvalue weighted by Crippen LogP contribution is -2.03. The third kappa shape index (κ3) is 19.8. The fourth-order valence-electron chi connectivity index (χ4n) is 2.16. The van der Waals surface area contributed by atoms with Crippen LogP contribution < -0.4 is 0 Å². The zero-order valence-corrected chi connectivity index (χ0v) is 14.2. The maximum Gasteiger partial charge on any atom is 0.264 e. The predicted molar refractivity (Wildman–Crippen MR) is 83.6 cm³/mol. The second kappa shape index (κ2) is 11.4. The Kier molecular flexibility index (Phi) is 11.3. The highest BCUT2D eigenvalue weighted by Gasteiger charge is 2.03. The van der Waals surface area contributed by atoms with Crippen molar-refractivity contribution in [1.82, 2.24) is 0 Å². The zero-order chi connectivity index (χ0) is 16.2. The Morgan fingerprint density at radius 1 is 0.429 bits per heavy atom. The van der Waals surface area contributed by atoms with E-state index in [0.29, 0.717) is 12.8 Å². The number of unbranched alkanes of at least 4 members (excludes halogenated alkanes) is 10. The normalized spacial score (nSPS) is 12.7. The smallest absolute Gasteiger partial charge is 0.264 e. The highest BCUT2D eigenvalue weighted by atomic mass is 32.2. The van der Waals surface area contributed by atoms with Crippen molar-refractivity contribution in [2.45, 2.75) is 70.6 Å². The van der Waals surface area contributed by atoms with Gasteiger partial charge < -0.3 is 0 Å². The molecule has 0 unspecified atom stereocenters. The molecule has 0 bridgehead atoms. The molecule has 0 aromatic rings. The standard InChI is InChI=1S/C13H28O6S2/c14-20(15,16)12-10-8-6-4-2-1-3-5-7-9-11-13-21(17,18)19/h1-13H2,(H,14,15,16)(H,17,18,19). The van der Waals surface area contributed by atoms with E-state index < -0.39 is 20.2 Å². The van der Waals surface area contributed by atoms with E-state index in [1.807, 2.05) is 0 Å². The van der Waals surface area contributed by atoms with E-state index >= 15 is 0 Å². The number of hydrogen-bond acceptors (Lipinski definition) is 4. The Labute approximate surface area is 128 Å². The summed E-state index contributed by atoms with van der Waals surface area (Å²) in [5.41, 5.74) is 0. The maximum absolute atomic E-state index is 10.5. The van der Waals surface area contributed by atoms with Gasteiger partial charge in [-0.05, 0) is 12.8 Å². The van der Waals surface area contributed by atoms with Crippen LogP contribution in [0.2, 0.25) is 0 Å². The second-order valence-corrected chi connectivity index (χ2v) is 8.61. The Balaban J connectivity index is 3.16. The first-order chi connectivity index (χ1) is 9.71. The molecule has 0 saturated heterocycles. The topological polar surface area (TPSA) is 109 Å². The molecule has 0 aliphatic heterocycles. The van der Waals surface area contributed by atoms with Crippen molar-refractivity contribution >= 4 is 20.2 Å². The lowest BCUT2D eigenvalue weighted by molar-refractivity contribution is 0.477. The Morgan fingerprint density at radius 2 is 0.619 bits per heavy atom. The van der Waals surface area contributed by atoms with Crippen LogP contribution in [0.3, 0.4) is 0 Å². The summed E-state index contributed by atoms with van der Waals surface area (Å²) in [6, 6.07) is 0. The summed E-state index contributed by atoms with van der Waals surface area (Å²) >= 11 is 0. The average molecular weight is 344 g/mol. The summed E-state index contributed by atoms with van der Waals surface area (Å²) < 4.78 is 59.0. The van der Waals surface area contributed by atoms with Crippen LogP contribution in [0.5, 0.6) is 0 Å². The summed E-state index contributed by atoms with van der Waals surface area (Å²) in [6.07, 6.45) is 10.2. The van der Waals surface area contributed by atoms with Crippen molar-refractivity contribution < 1.29 is 25.9 Å². The zero-order valence-electron chi connectivity index (χ0n) is 12.5. The lowest BCUT2D eigenvalue weighted by Gasteiger charge is -2.02. The van der Waals surface area contributed by atoms with Gasteiger partial charge in [0.1, 0.15) is 0 Å². The SMILES string of the molecule is O=S(=O)(O)CCCCCCCCCCCCCS(=O)(=O)O. The van der Waals surface area contributed by atoms with Gasteiger partial charge in [-0.3, -0.25) is 9.11 Å². The molecule has 0 aliphatic carbocycles. The molecule has 0 spiro atoms. The van der Waals surface area contributed by atoms with Gasteiger partial charge in [0.05, 0.1) is 11.5 Å². The molecule has 0 aromatic carbocycles. The van der Waals surface area contributed by atoms with Gasteiger partial charge in [-0.2, -0.15) is 16.8 Å². The van der Waals surface area contributed by atoms with E-state index in [-0.39, 0.29) is 11.5 Å². The molecule has 0 aromatic heterocycles. The van der Waals surface area contributed by atoms with Gasteiger partial charge in [0.15, 0.2) is 0 Å². The van der Waals surface area contributed by atoms with Gasteiger partial charge in [-0.25, -0.2) is 0 Å². The molecule has 0 aliphatic rings. The highest BCUT2D eigenvalue weighted by Crippen LogP contribution is 2.11. The van der Waals surface area contributed by atoms with Crippen LogP contribution >= 0.6 is 0 Å². The maximum atomic E-state index is 10.5. The van der Waals surface area contributed by atoms with Gasteiger partial charge in [0.25, 0.3) is 20.2 Å². The first-order valence-corrected chi connectivity index (χ1v) is 10.8. The van der Waals surface area contributed by atoms with Gasteiger partial charge in [-0.1, -0.05) is 57.8 Å². The minimum absolute atomic E-state index is 0.142. The summed E-state index contributed by atoms with van der Waals surface area (Å²) in [4.78, 5) is 0. The fraction of sp³-hybridized carbons (Fsp3) is 1.00. The molecule has 0 amide bonds. The van der Waals surface area contributed by atoms with E-state index in [1.165, 1.54) is 0 Å². The first kappa shape index (κ1) is 20.8. The lowest BCUT2D eigenvalue weighted by atomic mass is 10.1. The van der Waals surface area contributed by atoms with Gasteiger partial charge >= 0.3 is 0 Å². The molecule has 21 heavy (non-hydrogen) atoms. The van der Waals surface area contributed by atoms with Crippen LogP contribution in [0.4, 0.5) is 0 Å². The quantitative estimate of drug-likeness (QED) is 0.370. The molecule has 0 heterocycles. The van der Waals surface area contributed by atoms with Crippen molar-refractivity contribution in [1.29, 1.82) is 0 Å². The Hall–Kier alpha value is -0.180. The third-order valence-electron chi connectivity index (χ3n) is 3.30. The molecule has 0 fully saturated rings. The van der Waals surface area contributed by atoms with Crippen molar-refractivity contribution in [2.24, 2.45) is 0 Å². The molecule has 0 rings (SSSR count). The Bertz CT molecular complexity index is 399. The van der Waals surface area contributed by atoms with Crippen LogP contribution in [0, 0.1) is 0 Å². The molecular formula is C13H28O6S2. The molecule has 6 nitrogen and oxygen atoms in total. The fourth-order valence-corrected chi connectivity index (χ4v) is 3.30. The van der Waals surface area contributed by atoms with Crippen molar-refractivity contribution in [2.75, 3.05) is 11.5 Å². The summed E-state index contributed by atoms with van der Waals surface area (Å²) in [5, 5.41) is 0. The third-order valence-corrected chi connectivity index (χ3v) is 4.91. The summed E-state index contributed by atoms with van der Waals surface area (Å²) in [6.45, 7) is 0. The summed E-state index contributed by atoms with van der Waals surface area (Å²) in [5.74, 6) is -0.285. The molecular weight excluding hydrogens is 316 g/mol. The van der Waals surface area contributed by atoms with Crippen LogP contribution in [0.1, 0.15) is 70.6 Å². The molecule has 0 saturated carbocycles. The van der Waals surface area contributed by atoms with Gasteiger partial charge in [0.2, 0.25) is 0 Å². The summed E-state index contributed by atoms with van der Waals surface area (Å²) in [7, 11) is -7.60. The van der Waals surface area contributed by atoms with Crippen molar-refractivity contribution in [3.63, 3.8) is 0 Å². The van der Waals surface area contributed by atoms with E-state index in [4.69, 9.17) is 9.11 Å². The minimum Gasteiger partial charge on any atom is -0.286 e. The van der Waals surface area contributed by atoms with E-state index in [1.54, 1.807) is 0 Å². The second-order valence-electron chi connectivity index (χ2n) is 5.46. The number of hydrogen-bond donors (Lipinski definition) is 2. The van der Waals surface area contributed by atoms with Gasteiger partial charge in [0, 0.05) is 0 Å². The molecule has 0 atom stereocenters. The Morgan fingerprint density at radius 3 is 0.810 bits per heavy atom. The van der Waals surface area contributed by atoms with Crippen molar-refractivity contribution in [3.8, 4) is 0 Å². The van der Waals surface area contributed by atoms with Crippen LogP contribution in [0.15, 0.2) is 0 Å². The van der Waals surface area contributed by atoms with E-state index in [0.717, 1.165) is 57.8 Å². The number of rotatable bonds is 14. The monoisotopic (exact) mass is 344 g/mol. The first-order valence-electron chi connectivity index (χ1n) is 7.61. The minimum atomic E-state index is -3.80. The molecule has 2 N–H and O–H groups in total. The average Bonchev–Trinajstić information content (AvgIpc) is 2.32.